The minimum atomic E-state index is 0.406. The summed E-state index contributed by atoms with van der Waals surface area (Å²) in [5, 5.41) is 10.9. The van der Waals surface area contributed by atoms with Crippen LogP contribution >= 0.6 is 22.7 Å². The predicted molar refractivity (Wildman–Crippen MR) is 85.3 cm³/mol. The maximum absolute atomic E-state index is 5.72. The third kappa shape index (κ3) is 2.72. The molecule has 0 amide bonds. The fourth-order valence-electron chi connectivity index (χ4n) is 2.74. The lowest BCUT2D eigenvalue weighted by Gasteiger charge is -2.18. The first-order valence-corrected chi connectivity index (χ1v) is 8.88. The van der Waals surface area contributed by atoms with Gasteiger partial charge in [0.25, 0.3) is 0 Å². The summed E-state index contributed by atoms with van der Waals surface area (Å²) in [5.41, 5.74) is 6.88. The molecule has 2 heterocycles. The number of rotatable bonds is 3. The van der Waals surface area contributed by atoms with Gasteiger partial charge in [-0.1, -0.05) is 44.4 Å². The predicted octanol–water partition coefficient (Wildman–Crippen LogP) is 4.41. The largest absolute Gasteiger partial charge is 0.374 e. The third-order valence-electron chi connectivity index (χ3n) is 3.81. The molecule has 4 nitrogen and oxygen atoms in total. The Bertz CT molecular complexity index is 582. The second kappa shape index (κ2) is 5.77. The van der Waals surface area contributed by atoms with Crippen molar-refractivity contribution in [3.05, 3.63) is 10.7 Å². The van der Waals surface area contributed by atoms with E-state index in [0.29, 0.717) is 17.0 Å². The first kappa shape index (κ1) is 13.9. The van der Waals surface area contributed by atoms with Crippen molar-refractivity contribution in [3.63, 3.8) is 0 Å². The number of anilines is 1. The Morgan fingerprint density at radius 3 is 2.45 bits per heavy atom. The lowest BCUT2D eigenvalue weighted by atomic mass is 9.90. The van der Waals surface area contributed by atoms with Crippen LogP contribution in [0.3, 0.4) is 0 Å². The van der Waals surface area contributed by atoms with E-state index in [2.05, 4.69) is 24.0 Å². The normalized spacial score (nSPS) is 16.9. The molecule has 108 valence electrons. The number of thiazole rings is 1. The molecule has 6 heteroatoms. The van der Waals surface area contributed by atoms with Crippen molar-refractivity contribution >= 4 is 27.8 Å². The van der Waals surface area contributed by atoms with E-state index in [0.717, 1.165) is 10.7 Å². The number of hydrogen-bond donors (Lipinski definition) is 1. The maximum Gasteiger partial charge on any atom is 0.203 e. The summed E-state index contributed by atoms with van der Waals surface area (Å²) in [7, 11) is 0. The zero-order chi connectivity index (χ0) is 14.1. The number of aromatic nitrogens is 3. The number of hydrogen-bond acceptors (Lipinski definition) is 6. The van der Waals surface area contributed by atoms with E-state index >= 15 is 0 Å². The van der Waals surface area contributed by atoms with Crippen molar-refractivity contribution < 1.29 is 0 Å². The Labute approximate surface area is 127 Å². The highest BCUT2D eigenvalue weighted by Gasteiger charge is 2.24. The van der Waals surface area contributed by atoms with Crippen LogP contribution < -0.4 is 5.73 Å². The van der Waals surface area contributed by atoms with Crippen LogP contribution in [0.1, 0.15) is 68.5 Å². The van der Waals surface area contributed by atoms with E-state index in [9.17, 15) is 0 Å². The van der Waals surface area contributed by atoms with Crippen LogP contribution in [0.4, 0.5) is 5.13 Å². The Morgan fingerprint density at radius 2 is 1.85 bits per heavy atom. The monoisotopic (exact) mass is 308 g/mol. The average Bonchev–Trinajstić information content (AvgIpc) is 3.05. The number of nitrogens with zero attached hydrogens (tertiary/aromatic N) is 3. The van der Waals surface area contributed by atoms with E-state index < -0.39 is 0 Å². The van der Waals surface area contributed by atoms with Gasteiger partial charge in [-0.2, -0.15) is 0 Å². The van der Waals surface area contributed by atoms with Crippen LogP contribution in [0.2, 0.25) is 0 Å². The summed E-state index contributed by atoms with van der Waals surface area (Å²) in [5.74, 6) is 1.05. The quantitative estimate of drug-likeness (QED) is 0.912. The molecule has 2 N–H and O–H groups in total. The Kier molecular flexibility index (Phi) is 4.03. The molecule has 0 unspecified atom stereocenters. The fourth-order valence-corrected chi connectivity index (χ4v) is 4.82. The topological polar surface area (TPSA) is 64.7 Å². The van der Waals surface area contributed by atoms with Gasteiger partial charge in [-0.15, -0.1) is 21.5 Å². The summed E-state index contributed by atoms with van der Waals surface area (Å²) in [6, 6.07) is 0. The lowest BCUT2D eigenvalue weighted by molar-refractivity contribution is 0.441. The second-order valence-electron chi connectivity index (χ2n) is 5.70. The molecule has 0 bridgehead atoms. The van der Waals surface area contributed by atoms with Crippen molar-refractivity contribution in [1.29, 1.82) is 0 Å². The van der Waals surface area contributed by atoms with Crippen LogP contribution in [0.25, 0.3) is 9.88 Å². The molecule has 20 heavy (non-hydrogen) atoms. The molecule has 0 radical (unpaired) electrons. The summed E-state index contributed by atoms with van der Waals surface area (Å²) >= 11 is 3.26. The van der Waals surface area contributed by atoms with Crippen LogP contribution in [0.5, 0.6) is 0 Å². The Balaban J connectivity index is 1.97. The second-order valence-corrected chi connectivity index (χ2v) is 7.74. The molecular formula is C14H20N4S2. The molecule has 0 aliphatic heterocycles. The van der Waals surface area contributed by atoms with E-state index in [4.69, 9.17) is 10.7 Å². The van der Waals surface area contributed by atoms with Crippen LogP contribution in [-0.4, -0.2) is 15.2 Å². The van der Waals surface area contributed by atoms with Crippen LogP contribution in [0.15, 0.2) is 0 Å². The van der Waals surface area contributed by atoms with Gasteiger partial charge >= 0.3 is 0 Å². The highest BCUT2D eigenvalue weighted by atomic mass is 32.1. The molecule has 1 aliphatic rings. The van der Waals surface area contributed by atoms with Crippen molar-refractivity contribution in [1.82, 2.24) is 15.2 Å². The van der Waals surface area contributed by atoms with Crippen molar-refractivity contribution in [2.24, 2.45) is 0 Å². The molecule has 1 aliphatic carbocycles. The van der Waals surface area contributed by atoms with Gasteiger partial charge in [-0.3, -0.25) is 0 Å². The van der Waals surface area contributed by atoms with Crippen molar-refractivity contribution in [2.75, 3.05) is 5.73 Å². The molecule has 0 atom stereocenters. The van der Waals surface area contributed by atoms with Gasteiger partial charge in [0.05, 0.1) is 15.6 Å². The molecule has 2 aromatic rings. The summed E-state index contributed by atoms with van der Waals surface area (Å²) in [6.45, 7) is 4.38. The van der Waals surface area contributed by atoms with Crippen molar-refractivity contribution in [2.45, 2.75) is 57.8 Å². The number of nitrogen functional groups attached to an aromatic ring is 1. The average molecular weight is 308 g/mol. The molecule has 0 aromatic carbocycles. The Morgan fingerprint density at radius 1 is 1.10 bits per heavy atom. The Hall–Kier alpha value is -1.01. The van der Waals surface area contributed by atoms with E-state index in [1.54, 1.807) is 11.3 Å². The van der Waals surface area contributed by atoms with Gasteiger partial charge in [0.1, 0.15) is 0 Å². The highest BCUT2D eigenvalue weighted by Crippen LogP contribution is 2.42. The zero-order valence-electron chi connectivity index (χ0n) is 11.9. The van der Waals surface area contributed by atoms with Gasteiger partial charge in [0.15, 0.2) is 5.01 Å². The highest BCUT2D eigenvalue weighted by molar-refractivity contribution is 7.23. The van der Waals surface area contributed by atoms with Gasteiger partial charge in [-0.25, -0.2) is 4.98 Å². The molecular weight excluding hydrogens is 288 g/mol. The maximum atomic E-state index is 5.72. The summed E-state index contributed by atoms with van der Waals surface area (Å²) in [6.07, 6.45) is 6.61. The smallest absolute Gasteiger partial charge is 0.203 e. The van der Waals surface area contributed by atoms with E-state index in [1.807, 2.05) is 0 Å². The third-order valence-corrected chi connectivity index (χ3v) is 5.95. The van der Waals surface area contributed by atoms with Crippen molar-refractivity contribution in [3.8, 4) is 9.88 Å². The molecule has 1 saturated carbocycles. The van der Waals surface area contributed by atoms with Crippen LogP contribution in [0, 0.1) is 0 Å². The summed E-state index contributed by atoms with van der Waals surface area (Å²) < 4.78 is 0. The molecule has 3 rings (SSSR count). The summed E-state index contributed by atoms with van der Waals surface area (Å²) in [4.78, 5) is 6.11. The zero-order valence-corrected chi connectivity index (χ0v) is 13.6. The minimum Gasteiger partial charge on any atom is -0.374 e. The first-order valence-electron chi connectivity index (χ1n) is 7.25. The fraction of sp³-hybridized carbons (Fsp3) is 0.643. The standard InChI is InChI=1S/C14H20N4S2/c1-8(2)10-11(13-17-18-14(15)20-13)19-12(16-10)9-6-4-3-5-7-9/h8-9H,3-7H2,1-2H3,(H2,15,18). The van der Waals surface area contributed by atoms with Crippen LogP contribution in [-0.2, 0) is 0 Å². The first-order chi connectivity index (χ1) is 9.65. The number of nitrogens with two attached hydrogens (primary N) is 1. The van der Waals surface area contributed by atoms with E-state index in [-0.39, 0.29) is 0 Å². The van der Waals surface area contributed by atoms with E-state index in [1.165, 1.54) is 53.3 Å². The molecule has 0 saturated heterocycles. The SMILES string of the molecule is CC(C)c1nc(C2CCCCC2)sc1-c1nnc(N)s1. The van der Waals surface area contributed by atoms with Gasteiger partial charge in [-0.05, 0) is 18.8 Å². The molecule has 1 fully saturated rings. The lowest BCUT2D eigenvalue weighted by Crippen LogP contribution is -2.04. The van der Waals surface area contributed by atoms with Gasteiger partial charge < -0.3 is 5.73 Å². The molecule has 0 spiro atoms. The minimum absolute atomic E-state index is 0.406. The molecule has 2 aromatic heterocycles. The van der Waals surface area contributed by atoms with Gasteiger partial charge in [0.2, 0.25) is 5.13 Å². The van der Waals surface area contributed by atoms with Gasteiger partial charge in [0, 0.05) is 5.92 Å².